The van der Waals surface area contributed by atoms with Gasteiger partial charge in [-0.05, 0) is 41.5 Å². The summed E-state index contributed by atoms with van der Waals surface area (Å²) in [7, 11) is 0. The van der Waals surface area contributed by atoms with Crippen LogP contribution in [0.15, 0.2) is 80.5 Å². The quantitative estimate of drug-likeness (QED) is 0.366. The van der Waals surface area contributed by atoms with Gasteiger partial charge in [-0.1, -0.05) is 47.6 Å². The number of aromatic nitrogens is 1. The van der Waals surface area contributed by atoms with E-state index < -0.39 is 17.8 Å². The number of benzene rings is 3. The van der Waals surface area contributed by atoms with Crippen LogP contribution in [0.4, 0.5) is 10.2 Å². The molecule has 3 aromatic carbocycles. The number of anilines is 1. The van der Waals surface area contributed by atoms with Crippen LogP contribution in [-0.2, 0) is 0 Å². The molecule has 1 aliphatic heterocycles. The third kappa shape index (κ3) is 2.54. The summed E-state index contributed by atoms with van der Waals surface area (Å²) >= 11 is 0. The Labute approximate surface area is 180 Å². The third-order valence-corrected chi connectivity index (χ3v) is 5.79. The normalized spacial score (nSPS) is 15.6. The molecule has 1 amide bonds. The second-order valence-corrected chi connectivity index (χ2v) is 7.76. The Balaban J connectivity index is 1.71. The van der Waals surface area contributed by atoms with E-state index in [0.717, 1.165) is 10.8 Å². The van der Waals surface area contributed by atoms with E-state index in [9.17, 15) is 14.0 Å². The first-order valence-electron chi connectivity index (χ1n) is 10.0. The molecule has 6 nitrogen and oxygen atoms in total. The molecule has 156 valence electrons. The third-order valence-electron chi connectivity index (χ3n) is 5.79. The molecule has 0 radical (unpaired) electrons. The predicted molar refractivity (Wildman–Crippen MR) is 116 cm³/mol. The highest BCUT2D eigenvalue weighted by atomic mass is 19.1. The van der Waals surface area contributed by atoms with Crippen LogP contribution in [0.3, 0.4) is 0 Å². The minimum absolute atomic E-state index is 0.0762. The van der Waals surface area contributed by atoms with Crippen LogP contribution in [-0.4, -0.2) is 11.1 Å². The van der Waals surface area contributed by atoms with E-state index in [2.05, 4.69) is 5.16 Å². The maximum Gasteiger partial charge on any atom is 0.296 e. The molecule has 0 bridgehead atoms. The molecule has 32 heavy (non-hydrogen) atoms. The number of nitrogens with zero attached hydrogens (tertiary/aromatic N) is 2. The fourth-order valence-corrected chi connectivity index (χ4v) is 4.43. The van der Waals surface area contributed by atoms with E-state index in [1.807, 2.05) is 30.3 Å². The monoisotopic (exact) mass is 426 g/mol. The molecule has 7 heteroatoms. The van der Waals surface area contributed by atoms with Gasteiger partial charge in [0, 0.05) is 6.07 Å². The molecule has 0 saturated carbocycles. The number of carbonyl (C=O) groups is 1. The molecule has 5 aromatic rings. The van der Waals surface area contributed by atoms with Crippen molar-refractivity contribution < 1.29 is 18.1 Å². The van der Waals surface area contributed by atoms with Crippen molar-refractivity contribution in [2.75, 3.05) is 4.90 Å². The Bertz CT molecular complexity index is 1620. The molecular formula is C25H15FN2O4. The minimum atomic E-state index is -0.905. The van der Waals surface area contributed by atoms with E-state index in [1.165, 1.54) is 23.1 Å². The lowest BCUT2D eigenvalue weighted by atomic mass is 9.97. The summed E-state index contributed by atoms with van der Waals surface area (Å²) in [5.41, 5.74) is 0.579. The van der Waals surface area contributed by atoms with Gasteiger partial charge >= 0.3 is 0 Å². The molecular weight excluding hydrogens is 411 g/mol. The smallest absolute Gasteiger partial charge is 0.296 e. The van der Waals surface area contributed by atoms with Crippen molar-refractivity contribution in [3.05, 3.63) is 105 Å². The molecule has 0 fully saturated rings. The average Bonchev–Trinajstić information content (AvgIpc) is 3.34. The van der Waals surface area contributed by atoms with Crippen LogP contribution in [0, 0.1) is 12.7 Å². The summed E-state index contributed by atoms with van der Waals surface area (Å²) in [6.45, 7) is 1.70. The van der Waals surface area contributed by atoms with E-state index in [0.29, 0.717) is 22.3 Å². The van der Waals surface area contributed by atoms with Crippen LogP contribution in [0.1, 0.15) is 33.5 Å². The van der Waals surface area contributed by atoms with Crippen molar-refractivity contribution in [1.29, 1.82) is 0 Å². The van der Waals surface area contributed by atoms with Crippen LogP contribution < -0.4 is 10.3 Å². The first-order chi connectivity index (χ1) is 15.5. The lowest BCUT2D eigenvalue weighted by Gasteiger charge is -2.22. The van der Waals surface area contributed by atoms with Gasteiger partial charge in [0.2, 0.25) is 5.76 Å². The number of carbonyl (C=O) groups excluding carboxylic acids is 1. The Morgan fingerprint density at radius 3 is 2.62 bits per heavy atom. The van der Waals surface area contributed by atoms with Crippen molar-refractivity contribution >= 4 is 33.5 Å². The van der Waals surface area contributed by atoms with Gasteiger partial charge in [-0.2, -0.15) is 0 Å². The number of halogens is 1. The summed E-state index contributed by atoms with van der Waals surface area (Å²) in [4.78, 5) is 28.6. The van der Waals surface area contributed by atoms with Crippen molar-refractivity contribution in [1.82, 2.24) is 5.16 Å². The Hall–Kier alpha value is -4.26. The van der Waals surface area contributed by atoms with E-state index in [-0.39, 0.29) is 22.6 Å². The molecule has 0 N–H and O–H groups in total. The molecule has 0 aliphatic carbocycles. The molecule has 1 unspecified atom stereocenters. The lowest BCUT2D eigenvalue weighted by molar-refractivity contribution is 0.0969. The molecule has 0 spiro atoms. The standard InChI is InChI=1S/C25H15FN2O4/c1-13-11-19(27-32-13)28-22(15-6-4-7-16(26)12-15)21-23(29)20-17-8-3-2-5-14(17)9-10-18(20)31-24(21)25(28)30/h2-12,22H,1H3. The SMILES string of the molecule is Cc1cc(N2C(=O)c3oc4ccc5ccccc5c4c(=O)c3C2c2cccc(F)c2)no1. The number of fused-ring (bicyclic) bond motifs is 4. The van der Waals surface area contributed by atoms with Crippen LogP contribution in [0.2, 0.25) is 0 Å². The fourth-order valence-electron chi connectivity index (χ4n) is 4.43. The van der Waals surface area contributed by atoms with Crippen molar-refractivity contribution in [3.8, 4) is 0 Å². The minimum Gasteiger partial charge on any atom is -0.450 e. The Morgan fingerprint density at radius 2 is 1.84 bits per heavy atom. The number of rotatable bonds is 2. The van der Waals surface area contributed by atoms with Gasteiger partial charge in [-0.15, -0.1) is 0 Å². The Morgan fingerprint density at radius 1 is 1.00 bits per heavy atom. The van der Waals surface area contributed by atoms with E-state index in [1.54, 1.807) is 25.1 Å². The zero-order valence-electron chi connectivity index (χ0n) is 16.8. The number of aryl methyl sites for hydroxylation is 1. The molecule has 0 saturated heterocycles. The maximum atomic E-state index is 14.2. The lowest BCUT2D eigenvalue weighted by Crippen LogP contribution is -2.29. The Kier molecular flexibility index (Phi) is 3.83. The van der Waals surface area contributed by atoms with Crippen LogP contribution in [0.5, 0.6) is 0 Å². The molecule has 6 rings (SSSR count). The van der Waals surface area contributed by atoms with Gasteiger partial charge in [0.05, 0.1) is 17.0 Å². The molecule has 1 aliphatic rings. The van der Waals surface area contributed by atoms with E-state index in [4.69, 9.17) is 8.94 Å². The fraction of sp³-hybridized carbons (Fsp3) is 0.0800. The van der Waals surface area contributed by atoms with Gasteiger partial charge in [0.15, 0.2) is 11.2 Å². The van der Waals surface area contributed by atoms with E-state index >= 15 is 0 Å². The van der Waals surface area contributed by atoms with Crippen molar-refractivity contribution in [3.63, 3.8) is 0 Å². The number of hydrogen-bond acceptors (Lipinski definition) is 5. The van der Waals surface area contributed by atoms with Gasteiger partial charge < -0.3 is 8.94 Å². The second-order valence-electron chi connectivity index (χ2n) is 7.76. The van der Waals surface area contributed by atoms with Gasteiger partial charge in [-0.25, -0.2) is 4.39 Å². The summed E-state index contributed by atoms with van der Waals surface area (Å²) in [6.07, 6.45) is 0. The maximum absolute atomic E-state index is 14.2. The second kappa shape index (κ2) is 6.62. The summed E-state index contributed by atoms with van der Waals surface area (Å²) in [5.74, 6) is -0.364. The highest BCUT2D eigenvalue weighted by molar-refractivity contribution is 6.12. The van der Waals surface area contributed by atoms with Crippen molar-refractivity contribution in [2.24, 2.45) is 0 Å². The summed E-state index contributed by atoms with van der Waals surface area (Å²) < 4.78 is 25.3. The predicted octanol–water partition coefficient (Wildman–Crippen LogP) is 5.13. The molecule has 3 heterocycles. The first-order valence-corrected chi connectivity index (χ1v) is 10.0. The van der Waals surface area contributed by atoms with Gasteiger partial charge in [0.25, 0.3) is 5.91 Å². The zero-order chi connectivity index (χ0) is 22.0. The molecule has 1 atom stereocenters. The number of amides is 1. The van der Waals surface area contributed by atoms with Gasteiger partial charge in [0.1, 0.15) is 17.2 Å². The van der Waals surface area contributed by atoms with Crippen LogP contribution in [0.25, 0.3) is 21.7 Å². The largest absolute Gasteiger partial charge is 0.450 e. The number of hydrogen-bond donors (Lipinski definition) is 0. The summed E-state index contributed by atoms with van der Waals surface area (Å²) in [5, 5.41) is 5.96. The zero-order valence-corrected chi connectivity index (χ0v) is 16.8. The first kappa shape index (κ1) is 18.5. The average molecular weight is 426 g/mol. The van der Waals surface area contributed by atoms with Gasteiger partial charge in [-0.3, -0.25) is 14.5 Å². The van der Waals surface area contributed by atoms with Crippen molar-refractivity contribution in [2.45, 2.75) is 13.0 Å². The van der Waals surface area contributed by atoms with Crippen LogP contribution >= 0.6 is 0 Å². The summed E-state index contributed by atoms with van der Waals surface area (Å²) in [6, 6.07) is 17.5. The highest BCUT2D eigenvalue weighted by Gasteiger charge is 2.45. The molecule has 2 aromatic heterocycles. The highest BCUT2D eigenvalue weighted by Crippen LogP contribution is 2.41. The topological polar surface area (TPSA) is 76.6 Å².